The molecule has 520 valence electrons. The smallest absolute Gasteiger partial charge is 0.462 e. The number of likely N-dealkylation sites (N-methyl/N-ethyl adjacent to an activating group) is 1. The number of hydrogen-bond acceptors (Lipinski definition) is 7. The van der Waals surface area contributed by atoms with Crippen LogP contribution in [-0.2, 0) is 32.7 Å². The topological polar surface area (TPSA) is 108 Å². The summed E-state index contributed by atoms with van der Waals surface area (Å²) in [7, 11) is 1.48. The zero-order valence-corrected chi connectivity index (χ0v) is 60.2. The molecule has 0 heterocycles. The predicted octanol–water partition coefficient (Wildman–Crippen LogP) is 24.8. The molecule has 1 N–H and O–H groups in total. The molecule has 2 atom stereocenters. The fourth-order valence-corrected chi connectivity index (χ4v) is 11.4. The largest absolute Gasteiger partial charge is 0.472 e. The van der Waals surface area contributed by atoms with Crippen molar-refractivity contribution in [2.75, 3.05) is 47.5 Å². The van der Waals surface area contributed by atoms with Crippen molar-refractivity contribution in [3.63, 3.8) is 0 Å². The van der Waals surface area contributed by atoms with E-state index in [4.69, 9.17) is 18.5 Å². The maximum absolute atomic E-state index is 12.9. The quantitative estimate of drug-likeness (QED) is 0.0211. The zero-order valence-electron chi connectivity index (χ0n) is 59.4. The van der Waals surface area contributed by atoms with Crippen LogP contribution in [0.15, 0.2) is 109 Å². The lowest BCUT2D eigenvalue weighted by Gasteiger charge is -2.24. The van der Waals surface area contributed by atoms with Gasteiger partial charge in [-0.25, -0.2) is 4.57 Å². The number of ether oxygens (including phenoxy) is 2. The van der Waals surface area contributed by atoms with E-state index in [1.54, 1.807) is 0 Å². The Labute approximate surface area is 556 Å². The Morgan fingerprint density at radius 1 is 0.344 bits per heavy atom. The van der Waals surface area contributed by atoms with Crippen LogP contribution in [0.4, 0.5) is 0 Å². The van der Waals surface area contributed by atoms with E-state index in [9.17, 15) is 19.0 Å². The maximum Gasteiger partial charge on any atom is 0.472 e. The first-order chi connectivity index (χ1) is 44.0. The first-order valence-electron chi connectivity index (χ1n) is 37.6. The van der Waals surface area contributed by atoms with Gasteiger partial charge in [0, 0.05) is 12.8 Å². The van der Waals surface area contributed by atoms with Gasteiger partial charge >= 0.3 is 19.8 Å². The third kappa shape index (κ3) is 73.7. The Bertz CT molecular complexity index is 1890. The lowest BCUT2D eigenvalue weighted by atomic mass is 10.0. The van der Waals surface area contributed by atoms with Crippen LogP contribution in [0.5, 0.6) is 0 Å². The summed E-state index contributed by atoms with van der Waals surface area (Å²) in [4.78, 5) is 35.9. The Balaban J connectivity index is 3.97. The summed E-state index contributed by atoms with van der Waals surface area (Å²) in [5.74, 6) is -0.785. The lowest BCUT2D eigenvalue weighted by molar-refractivity contribution is -0.870. The fourth-order valence-electron chi connectivity index (χ4n) is 10.6. The molecule has 10 heteroatoms. The molecule has 0 aromatic rings. The summed E-state index contributed by atoms with van der Waals surface area (Å²) in [6.45, 7) is 4.25. The van der Waals surface area contributed by atoms with E-state index < -0.39 is 26.5 Å². The minimum Gasteiger partial charge on any atom is -0.462 e. The van der Waals surface area contributed by atoms with Gasteiger partial charge in [0.05, 0.1) is 27.7 Å². The van der Waals surface area contributed by atoms with Crippen LogP contribution < -0.4 is 0 Å². The van der Waals surface area contributed by atoms with Crippen LogP contribution in [0.25, 0.3) is 0 Å². The molecular weight excluding hydrogens is 1130 g/mol. The molecule has 0 bridgehead atoms. The van der Waals surface area contributed by atoms with Gasteiger partial charge in [-0.3, -0.25) is 18.6 Å². The van der Waals surface area contributed by atoms with Crippen LogP contribution >= 0.6 is 7.82 Å². The second-order valence-corrected chi connectivity index (χ2v) is 27.7. The van der Waals surface area contributed by atoms with Crippen LogP contribution in [0.2, 0.25) is 0 Å². The highest BCUT2D eigenvalue weighted by molar-refractivity contribution is 7.47. The molecule has 0 aliphatic carbocycles. The number of unbranched alkanes of at least 4 members (excludes halogenated alkanes) is 37. The number of quaternary nitrogens is 1. The van der Waals surface area contributed by atoms with Crippen molar-refractivity contribution in [3.05, 3.63) is 109 Å². The second-order valence-electron chi connectivity index (χ2n) is 26.3. The van der Waals surface area contributed by atoms with E-state index in [1.807, 2.05) is 21.1 Å². The van der Waals surface area contributed by atoms with E-state index in [0.717, 1.165) is 89.9 Å². The number of phosphoric acid groups is 1. The molecule has 0 saturated heterocycles. The summed E-state index contributed by atoms with van der Waals surface area (Å²) in [5, 5.41) is 0. The van der Waals surface area contributed by atoms with Crippen molar-refractivity contribution in [3.8, 4) is 0 Å². The molecule has 0 rings (SSSR count). The highest BCUT2D eigenvalue weighted by atomic mass is 31.2. The average Bonchev–Trinajstić information content (AvgIpc) is 3.58. The molecule has 0 aromatic heterocycles. The van der Waals surface area contributed by atoms with Crippen LogP contribution in [0, 0.1) is 0 Å². The Kier molecular flexibility index (Phi) is 67.4. The summed E-state index contributed by atoms with van der Waals surface area (Å²) in [6.07, 6.45) is 99.3. The number of allylic oxidation sites excluding steroid dienone is 18. The zero-order chi connectivity index (χ0) is 65.5. The highest BCUT2D eigenvalue weighted by Crippen LogP contribution is 2.43. The fraction of sp³-hybridized carbons (Fsp3) is 0.750. The molecule has 0 amide bonds. The van der Waals surface area contributed by atoms with Gasteiger partial charge in [0.1, 0.15) is 19.8 Å². The van der Waals surface area contributed by atoms with Crippen molar-refractivity contribution in [1.29, 1.82) is 0 Å². The molecule has 0 saturated carbocycles. The minimum atomic E-state index is -4.40. The third-order valence-corrected chi connectivity index (χ3v) is 17.3. The van der Waals surface area contributed by atoms with Crippen LogP contribution in [0.3, 0.4) is 0 Å². The first-order valence-corrected chi connectivity index (χ1v) is 39.1. The molecule has 0 aromatic carbocycles. The highest BCUT2D eigenvalue weighted by Gasteiger charge is 2.27. The van der Waals surface area contributed by atoms with Crippen LogP contribution in [0.1, 0.15) is 335 Å². The van der Waals surface area contributed by atoms with Gasteiger partial charge in [0.25, 0.3) is 0 Å². The lowest BCUT2D eigenvalue weighted by Crippen LogP contribution is -2.37. The van der Waals surface area contributed by atoms with E-state index >= 15 is 0 Å². The van der Waals surface area contributed by atoms with E-state index in [0.29, 0.717) is 17.4 Å². The second kappa shape index (κ2) is 70.0. The monoisotopic (exact) mass is 1280 g/mol. The van der Waals surface area contributed by atoms with Gasteiger partial charge < -0.3 is 18.9 Å². The Hall–Kier alpha value is -3.33. The first kappa shape index (κ1) is 86.7. The summed E-state index contributed by atoms with van der Waals surface area (Å²) < 4.78 is 34.8. The third-order valence-electron chi connectivity index (χ3n) is 16.3. The summed E-state index contributed by atoms with van der Waals surface area (Å²) >= 11 is 0. The molecule has 9 nitrogen and oxygen atoms in total. The molecule has 2 unspecified atom stereocenters. The predicted molar refractivity (Wildman–Crippen MR) is 390 cm³/mol. The van der Waals surface area contributed by atoms with E-state index in [-0.39, 0.29) is 32.0 Å². The maximum atomic E-state index is 12.9. The molecular formula is C80H143NO8P+. The van der Waals surface area contributed by atoms with Gasteiger partial charge in [-0.1, -0.05) is 335 Å². The molecule has 0 radical (unpaired) electrons. The van der Waals surface area contributed by atoms with Gasteiger partial charge in [-0.2, -0.15) is 0 Å². The summed E-state index contributed by atoms with van der Waals surface area (Å²) in [5.41, 5.74) is 0. The number of hydrogen-bond donors (Lipinski definition) is 1. The van der Waals surface area contributed by atoms with Gasteiger partial charge in [0.15, 0.2) is 6.10 Å². The van der Waals surface area contributed by atoms with E-state index in [1.165, 1.54) is 212 Å². The van der Waals surface area contributed by atoms with Crippen molar-refractivity contribution in [2.24, 2.45) is 0 Å². The standard InChI is InChI=1S/C80H142NO8P/c1-6-8-10-12-14-16-18-20-22-24-26-28-30-32-34-36-37-38-39-40-41-42-43-45-47-49-51-53-55-57-59-61-63-65-67-69-71-73-80(83)89-78(77-88-90(84,85)87-75-74-81(3,4)5)76-86-79(82)72-70-68-66-64-62-60-58-56-54-52-50-48-46-44-35-33-31-29-27-25-23-21-19-17-15-13-11-9-7-2/h8-11,14-17,20-23,26-29,32,34,78H,6-7,12-13,18-19,24-25,30-31,33,35-77H2,1-5H3/p+1/b10-8-,11-9-,16-14-,17-15-,22-20-,23-21-,28-26-,29-27-,34-32-. The number of esters is 2. The van der Waals surface area contributed by atoms with Gasteiger partial charge in [-0.15, -0.1) is 0 Å². The number of carbonyl (C=O) groups is 2. The normalized spacial score (nSPS) is 13.7. The molecule has 90 heavy (non-hydrogen) atoms. The SMILES string of the molecule is CC/C=C\C/C=C\C/C=C\C/C=C\C/C=C\CCCCCCCCCCCCCCCCCCCCCCCC(=O)OC(COC(=O)CCCCCCCCCCCCCCCCCC/C=C\C/C=C\C/C=C\C/C=C\CC)COP(=O)(O)OCC[N+](C)(C)C. The summed E-state index contributed by atoms with van der Waals surface area (Å²) in [6, 6.07) is 0. The number of carbonyl (C=O) groups excluding carboxylic acids is 2. The number of rotatable bonds is 69. The minimum absolute atomic E-state index is 0.0306. The van der Waals surface area contributed by atoms with Gasteiger partial charge in [-0.05, 0) is 96.3 Å². The molecule has 0 spiro atoms. The van der Waals surface area contributed by atoms with Gasteiger partial charge in [0.2, 0.25) is 0 Å². The van der Waals surface area contributed by atoms with Crippen molar-refractivity contribution in [1.82, 2.24) is 0 Å². The van der Waals surface area contributed by atoms with Crippen LogP contribution in [-0.4, -0.2) is 74.9 Å². The molecule has 0 fully saturated rings. The molecule has 0 aliphatic heterocycles. The van der Waals surface area contributed by atoms with E-state index in [2.05, 4.69) is 123 Å². The van der Waals surface area contributed by atoms with Crippen molar-refractivity contribution >= 4 is 19.8 Å². The number of phosphoric ester groups is 1. The number of nitrogens with zero attached hydrogens (tertiary/aromatic N) is 1. The van der Waals surface area contributed by atoms with Crippen molar-refractivity contribution in [2.45, 2.75) is 341 Å². The Morgan fingerprint density at radius 2 is 0.600 bits per heavy atom. The Morgan fingerprint density at radius 3 is 0.889 bits per heavy atom. The average molecular weight is 1280 g/mol. The van der Waals surface area contributed by atoms with Crippen molar-refractivity contribution < 1.29 is 42.1 Å². The molecule has 0 aliphatic rings.